The smallest absolute Gasteiger partial charge is 0.344 e. The molecule has 0 spiro atoms. The summed E-state index contributed by atoms with van der Waals surface area (Å²) in [5.41, 5.74) is -1.44. The first-order chi connectivity index (χ1) is 15.8. The summed E-state index contributed by atoms with van der Waals surface area (Å²) in [4.78, 5) is 25.4. The number of benzene rings is 1. The number of carbonyl (C=O) groups excluding carboxylic acids is 1. The van der Waals surface area contributed by atoms with Crippen molar-refractivity contribution >= 4 is 36.1 Å². The summed E-state index contributed by atoms with van der Waals surface area (Å²) >= 11 is 5.90. The van der Waals surface area contributed by atoms with Gasteiger partial charge in [-0.1, -0.05) is 11.6 Å². The fourth-order valence-corrected chi connectivity index (χ4v) is 3.13. The van der Waals surface area contributed by atoms with E-state index in [1.165, 1.54) is 32.3 Å². The van der Waals surface area contributed by atoms with Crippen molar-refractivity contribution in [3.05, 3.63) is 69.6 Å². The molecular formula is C24H23ClF3N5O. The van der Waals surface area contributed by atoms with E-state index in [2.05, 4.69) is 27.0 Å². The highest BCUT2D eigenvalue weighted by Gasteiger charge is 2.34. The first-order valence-electron chi connectivity index (χ1n) is 10.1. The van der Waals surface area contributed by atoms with Crippen LogP contribution < -0.4 is 5.32 Å². The van der Waals surface area contributed by atoms with E-state index in [-0.39, 0.29) is 16.8 Å². The second-order valence-corrected chi connectivity index (χ2v) is 8.31. The molecule has 0 aliphatic rings. The average Bonchev–Trinajstić information content (AvgIpc) is 2.78. The number of rotatable bonds is 7. The van der Waals surface area contributed by atoms with E-state index in [1.54, 1.807) is 26.0 Å². The van der Waals surface area contributed by atoms with Gasteiger partial charge in [-0.05, 0) is 70.3 Å². The molecule has 2 aromatic rings. The molecule has 0 aliphatic carbocycles. The minimum absolute atomic E-state index is 0.0712. The van der Waals surface area contributed by atoms with Gasteiger partial charge in [0.05, 0.1) is 39.5 Å². The highest BCUT2D eigenvalue weighted by molar-refractivity contribution is 6.30. The monoisotopic (exact) mass is 489 g/mol. The number of aromatic nitrogens is 1. The number of pyridine rings is 1. The Morgan fingerprint density at radius 1 is 1.26 bits per heavy atom. The van der Waals surface area contributed by atoms with Crippen molar-refractivity contribution in [2.75, 3.05) is 0 Å². The van der Waals surface area contributed by atoms with E-state index < -0.39 is 29.1 Å². The number of halogens is 4. The van der Waals surface area contributed by atoms with Crippen molar-refractivity contribution < 1.29 is 18.0 Å². The number of carbonyl (C=O) groups is 1. The topological polar surface area (TPSA) is 90.5 Å². The van der Waals surface area contributed by atoms with Crippen molar-refractivity contribution in [2.45, 2.75) is 45.3 Å². The second kappa shape index (κ2) is 10.6. The molecule has 10 heteroatoms. The molecule has 1 heterocycles. The van der Waals surface area contributed by atoms with E-state index in [0.29, 0.717) is 16.4 Å². The summed E-state index contributed by atoms with van der Waals surface area (Å²) in [6.45, 7) is 9.77. The lowest BCUT2D eigenvalue weighted by atomic mass is 9.84. The highest BCUT2D eigenvalue weighted by atomic mass is 35.5. The summed E-state index contributed by atoms with van der Waals surface area (Å²) in [7, 11) is 0. The molecule has 34 heavy (non-hydrogen) atoms. The number of nitrogens with one attached hydrogen (secondary N) is 1. The van der Waals surface area contributed by atoms with E-state index >= 15 is 0 Å². The molecule has 1 aromatic carbocycles. The summed E-state index contributed by atoms with van der Waals surface area (Å²) in [5, 5.41) is 12.4. The summed E-state index contributed by atoms with van der Waals surface area (Å²) in [5.74, 6) is -0.779. The third-order valence-corrected chi connectivity index (χ3v) is 5.15. The third kappa shape index (κ3) is 6.29. The van der Waals surface area contributed by atoms with Gasteiger partial charge >= 0.3 is 6.18 Å². The van der Waals surface area contributed by atoms with Crippen molar-refractivity contribution in [3.63, 3.8) is 0 Å². The van der Waals surface area contributed by atoms with Crippen molar-refractivity contribution in [2.24, 2.45) is 9.98 Å². The molecular weight excluding hydrogens is 467 g/mol. The normalized spacial score (nSPS) is 13.7. The van der Waals surface area contributed by atoms with Crippen molar-refractivity contribution in [3.8, 4) is 6.07 Å². The van der Waals surface area contributed by atoms with Gasteiger partial charge in [-0.2, -0.15) is 18.4 Å². The molecule has 2 rings (SSSR count). The van der Waals surface area contributed by atoms with Crippen molar-refractivity contribution in [1.29, 1.82) is 5.26 Å². The van der Waals surface area contributed by atoms with Gasteiger partial charge in [0.2, 0.25) is 0 Å². The van der Waals surface area contributed by atoms with Gasteiger partial charge in [-0.3, -0.25) is 19.8 Å². The van der Waals surface area contributed by atoms with Crippen LogP contribution in [0.15, 0.2) is 52.2 Å². The Kier molecular flexibility index (Phi) is 8.35. The minimum atomic E-state index is -4.70. The van der Waals surface area contributed by atoms with E-state index in [0.717, 1.165) is 12.1 Å². The zero-order valence-corrected chi connectivity index (χ0v) is 19.8. The summed E-state index contributed by atoms with van der Waals surface area (Å²) in [6.07, 6.45) is -1.76. The first-order valence-corrected chi connectivity index (χ1v) is 10.5. The van der Waals surface area contributed by atoms with E-state index in [4.69, 9.17) is 11.6 Å². The predicted octanol–water partition coefficient (Wildman–Crippen LogP) is 5.83. The number of hydrogen-bond acceptors (Lipinski definition) is 5. The Labute approximate surface area is 200 Å². The van der Waals surface area contributed by atoms with Gasteiger partial charge in [-0.25, -0.2) is 0 Å². The summed E-state index contributed by atoms with van der Waals surface area (Å²) < 4.78 is 40.4. The Morgan fingerprint density at radius 3 is 2.41 bits per heavy atom. The van der Waals surface area contributed by atoms with Crippen LogP contribution in [0.25, 0.3) is 5.70 Å². The molecule has 0 fully saturated rings. The van der Waals surface area contributed by atoms with Gasteiger partial charge in [0.1, 0.15) is 5.70 Å². The Hall–Kier alpha value is -3.51. The Bertz CT molecular complexity index is 1180. The molecule has 1 unspecified atom stereocenters. The van der Waals surface area contributed by atoms with E-state index in [1.807, 2.05) is 6.07 Å². The molecule has 6 nitrogen and oxygen atoms in total. The average molecular weight is 490 g/mol. The number of nitrogens with zero attached hydrogens (tertiary/aromatic N) is 4. The number of alkyl halides is 3. The lowest BCUT2D eigenvalue weighted by Crippen LogP contribution is -2.34. The molecule has 0 radical (unpaired) electrons. The first kappa shape index (κ1) is 26.7. The maximum Gasteiger partial charge on any atom is 0.416 e. The molecule has 178 valence electrons. The van der Waals surface area contributed by atoms with Crippen LogP contribution in [-0.2, 0) is 11.6 Å². The number of aliphatic imine (C=N–C) groups is 2. The second-order valence-electron chi connectivity index (χ2n) is 7.87. The SMILES string of the molecule is C=N/C(=C(\N=CC)c1ccc(Cl)cn1)C(C)NC(=O)c1cc(C(F)(F)F)cc(C(C)(C)C#N)c1. The zero-order valence-electron chi connectivity index (χ0n) is 19.0. The maximum absolute atomic E-state index is 13.5. The number of amides is 1. The third-order valence-electron chi connectivity index (χ3n) is 4.92. The fourth-order valence-electron chi connectivity index (χ4n) is 3.02. The van der Waals surface area contributed by atoms with Crippen LogP contribution in [0.1, 0.15) is 54.9 Å². The zero-order chi connectivity index (χ0) is 25.7. The number of hydrogen-bond donors (Lipinski definition) is 1. The van der Waals surface area contributed by atoms with Crippen LogP contribution in [0, 0.1) is 11.3 Å². The van der Waals surface area contributed by atoms with Crippen LogP contribution in [0.5, 0.6) is 0 Å². The van der Waals surface area contributed by atoms with Crippen LogP contribution in [0.3, 0.4) is 0 Å². The largest absolute Gasteiger partial charge is 0.416 e. The van der Waals surface area contributed by atoms with Gasteiger partial charge in [0.15, 0.2) is 0 Å². The molecule has 1 aromatic heterocycles. The number of nitriles is 1. The Morgan fingerprint density at radius 2 is 1.91 bits per heavy atom. The molecule has 0 bridgehead atoms. The van der Waals surface area contributed by atoms with Crippen LogP contribution in [-0.4, -0.2) is 29.9 Å². The highest BCUT2D eigenvalue weighted by Crippen LogP contribution is 2.34. The van der Waals surface area contributed by atoms with Crippen LogP contribution in [0.2, 0.25) is 5.02 Å². The molecule has 1 N–H and O–H groups in total. The Balaban J connectivity index is 2.51. The van der Waals surface area contributed by atoms with Gasteiger partial charge in [0.25, 0.3) is 5.91 Å². The standard InChI is InChI=1S/C24H23ClF3N5O/c1-6-31-21(19-8-7-18(25)12-32-19)20(30-5)14(2)33-22(34)15-9-16(23(3,4)13-29)11-17(10-15)24(26,27)28/h6-12,14H,5H2,1-4H3,(H,33,34)/b21-20-,31-6?. The molecule has 0 saturated heterocycles. The van der Waals surface area contributed by atoms with Gasteiger partial charge in [0, 0.05) is 18.0 Å². The maximum atomic E-state index is 13.5. The minimum Gasteiger partial charge on any atom is -0.344 e. The lowest BCUT2D eigenvalue weighted by molar-refractivity contribution is -0.137. The van der Waals surface area contributed by atoms with E-state index in [9.17, 15) is 23.2 Å². The molecule has 0 saturated carbocycles. The van der Waals surface area contributed by atoms with Gasteiger partial charge < -0.3 is 5.32 Å². The van der Waals surface area contributed by atoms with Crippen LogP contribution in [0.4, 0.5) is 13.2 Å². The molecule has 0 aliphatic heterocycles. The quantitative estimate of drug-likeness (QED) is 0.496. The van der Waals surface area contributed by atoms with Gasteiger partial charge in [-0.15, -0.1) is 0 Å². The fraction of sp³-hybridized carbons (Fsp3) is 0.292. The lowest BCUT2D eigenvalue weighted by Gasteiger charge is -2.21. The predicted molar refractivity (Wildman–Crippen MR) is 127 cm³/mol. The molecule has 1 atom stereocenters. The van der Waals surface area contributed by atoms with Crippen molar-refractivity contribution in [1.82, 2.24) is 10.3 Å². The molecule has 1 amide bonds. The van der Waals surface area contributed by atoms with Crippen LogP contribution >= 0.6 is 11.6 Å². The summed E-state index contributed by atoms with van der Waals surface area (Å²) in [6, 6.07) is 7.30.